The van der Waals surface area contributed by atoms with Crippen molar-refractivity contribution in [1.82, 2.24) is 4.31 Å². The largest absolute Gasteiger partial charge is 0.545 e. The predicted octanol–water partition coefficient (Wildman–Crippen LogP) is -0.152. The number of rotatable bonds is 3. The first-order chi connectivity index (χ1) is 9.30. The first-order valence-electron chi connectivity index (χ1n) is 6.27. The topological polar surface area (TPSA) is 86.7 Å². The van der Waals surface area contributed by atoms with Crippen molar-refractivity contribution < 1.29 is 23.1 Å². The molecular formula is C13H16NO5S-. The van der Waals surface area contributed by atoms with Gasteiger partial charge in [0, 0.05) is 13.1 Å². The summed E-state index contributed by atoms with van der Waals surface area (Å²) < 4.78 is 31.8. The van der Waals surface area contributed by atoms with Crippen LogP contribution in [0.1, 0.15) is 24.2 Å². The molecule has 1 aliphatic heterocycles. The van der Waals surface area contributed by atoms with Gasteiger partial charge in [-0.2, -0.15) is 4.31 Å². The van der Waals surface area contributed by atoms with Gasteiger partial charge in [0.25, 0.3) is 0 Å². The molecule has 0 amide bonds. The highest BCUT2D eigenvalue weighted by Gasteiger charge is 2.32. The summed E-state index contributed by atoms with van der Waals surface area (Å²) in [6.45, 7) is 4.11. The molecule has 7 heteroatoms. The number of benzene rings is 1. The van der Waals surface area contributed by atoms with Gasteiger partial charge in [-0.1, -0.05) is 12.1 Å². The van der Waals surface area contributed by atoms with E-state index in [0.29, 0.717) is 0 Å². The Balaban J connectivity index is 2.34. The van der Waals surface area contributed by atoms with Crippen molar-refractivity contribution in [2.75, 3.05) is 13.1 Å². The molecule has 0 saturated carbocycles. The predicted molar refractivity (Wildman–Crippen MR) is 69.5 cm³/mol. The summed E-state index contributed by atoms with van der Waals surface area (Å²) in [7, 11) is -3.72. The first-order valence-corrected chi connectivity index (χ1v) is 7.71. The lowest BCUT2D eigenvalue weighted by Gasteiger charge is -2.34. The number of carbonyl (C=O) groups excluding carboxylic acids is 1. The molecule has 1 fully saturated rings. The average Bonchev–Trinajstić information content (AvgIpc) is 2.37. The lowest BCUT2D eigenvalue weighted by molar-refractivity contribution is -0.255. The molecule has 0 aromatic heterocycles. The van der Waals surface area contributed by atoms with Crippen molar-refractivity contribution in [2.45, 2.75) is 31.0 Å². The Kier molecular flexibility index (Phi) is 4.12. The molecule has 0 spiro atoms. The van der Waals surface area contributed by atoms with Gasteiger partial charge in [0.1, 0.15) is 0 Å². The normalized spacial score (nSPS) is 24.5. The number of carboxylic acids is 1. The third kappa shape index (κ3) is 3.00. The Morgan fingerprint density at radius 2 is 1.90 bits per heavy atom. The van der Waals surface area contributed by atoms with Crippen LogP contribution in [0.25, 0.3) is 0 Å². The van der Waals surface area contributed by atoms with Gasteiger partial charge in [-0.05, 0) is 31.5 Å². The van der Waals surface area contributed by atoms with Crippen LogP contribution in [0.3, 0.4) is 0 Å². The van der Waals surface area contributed by atoms with E-state index in [1.165, 1.54) is 22.5 Å². The van der Waals surface area contributed by atoms with E-state index in [1.807, 2.05) is 0 Å². The van der Waals surface area contributed by atoms with Crippen LogP contribution in [0, 0.1) is 0 Å². The zero-order chi connectivity index (χ0) is 14.9. The molecule has 6 nitrogen and oxygen atoms in total. The second kappa shape index (κ2) is 5.51. The molecular weight excluding hydrogens is 282 g/mol. The highest BCUT2D eigenvalue weighted by Crippen LogP contribution is 2.21. The molecule has 2 rings (SSSR count). The van der Waals surface area contributed by atoms with Gasteiger partial charge < -0.3 is 14.6 Å². The van der Waals surface area contributed by atoms with E-state index < -0.39 is 16.0 Å². The number of morpholine rings is 1. The van der Waals surface area contributed by atoms with Gasteiger partial charge in [-0.3, -0.25) is 0 Å². The van der Waals surface area contributed by atoms with Gasteiger partial charge in [0.2, 0.25) is 10.0 Å². The van der Waals surface area contributed by atoms with Gasteiger partial charge in [-0.15, -0.1) is 0 Å². The Labute approximate surface area is 118 Å². The van der Waals surface area contributed by atoms with Crippen LogP contribution in [-0.4, -0.2) is 44.0 Å². The molecule has 1 aliphatic rings. The zero-order valence-electron chi connectivity index (χ0n) is 11.3. The lowest BCUT2D eigenvalue weighted by Crippen LogP contribution is -2.48. The third-order valence-corrected chi connectivity index (χ3v) is 4.92. The van der Waals surface area contributed by atoms with E-state index in [0.717, 1.165) is 6.07 Å². The Hall–Kier alpha value is -1.44. The van der Waals surface area contributed by atoms with Crippen molar-refractivity contribution >= 4 is 16.0 Å². The molecule has 2 atom stereocenters. The Morgan fingerprint density at radius 1 is 1.30 bits per heavy atom. The van der Waals surface area contributed by atoms with Crippen molar-refractivity contribution in [2.24, 2.45) is 0 Å². The quantitative estimate of drug-likeness (QED) is 0.774. The maximum Gasteiger partial charge on any atom is 0.243 e. The van der Waals surface area contributed by atoms with Crippen LogP contribution in [0.15, 0.2) is 29.2 Å². The number of aromatic carboxylic acids is 1. The van der Waals surface area contributed by atoms with E-state index in [-0.39, 0.29) is 35.8 Å². The smallest absolute Gasteiger partial charge is 0.243 e. The van der Waals surface area contributed by atoms with Crippen molar-refractivity contribution in [3.8, 4) is 0 Å². The van der Waals surface area contributed by atoms with E-state index in [2.05, 4.69) is 0 Å². The summed E-state index contributed by atoms with van der Waals surface area (Å²) in [6.07, 6.45) is -0.393. The highest BCUT2D eigenvalue weighted by atomic mass is 32.2. The number of hydrogen-bond donors (Lipinski definition) is 0. The van der Waals surface area contributed by atoms with Crippen LogP contribution < -0.4 is 5.11 Å². The summed E-state index contributed by atoms with van der Waals surface area (Å²) in [4.78, 5) is 10.8. The van der Waals surface area contributed by atoms with E-state index in [9.17, 15) is 18.3 Å². The Morgan fingerprint density at radius 3 is 2.45 bits per heavy atom. The monoisotopic (exact) mass is 298 g/mol. The minimum Gasteiger partial charge on any atom is -0.545 e. The van der Waals surface area contributed by atoms with Gasteiger partial charge >= 0.3 is 0 Å². The van der Waals surface area contributed by atoms with Crippen LogP contribution in [-0.2, 0) is 14.8 Å². The number of carboxylic acid groups (broad SMARTS) is 1. The maximum absolute atomic E-state index is 12.5. The number of nitrogens with zero attached hydrogens (tertiary/aromatic N) is 1. The van der Waals surface area contributed by atoms with Crippen LogP contribution in [0.4, 0.5) is 0 Å². The second-order valence-electron chi connectivity index (χ2n) is 4.89. The Bertz CT molecular complexity index is 603. The minimum atomic E-state index is -3.72. The van der Waals surface area contributed by atoms with E-state index >= 15 is 0 Å². The standard InChI is InChI=1S/C13H17NO5S/c1-9-7-14(8-10(2)19-9)20(17,18)12-5-3-4-11(6-12)13(15)16/h3-6,9-10H,7-8H2,1-2H3,(H,15,16)/p-1/t9-,10-/m0/s1. The van der Waals surface area contributed by atoms with Crippen LogP contribution in [0.2, 0.25) is 0 Å². The van der Waals surface area contributed by atoms with Crippen LogP contribution in [0.5, 0.6) is 0 Å². The highest BCUT2D eigenvalue weighted by molar-refractivity contribution is 7.89. The molecule has 0 unspecified atom stereocenters. The second-order valence-corrected chi connectivity index (χ2v) is 6.83. The summed E-state index contributed by atoms with van der Waals surface area (Å²) in [5.74, 6) is -1.40. The summed E-state index contributed by atoms with van der Waals surface area (Å²) >= 11 is 0. The molecule has 0 bridgehead atoms. The number of ether oxygens (including phenoxy) is 1. The molecule has 1 heterocycles. The fraction of sp³-hybridized carbons (Fsp3) is 0.462. The molecule has 1 saturated heterocycles. The maximum atomic E-state index is 12.5. The zero-order valence-corrected chi connectivity index (χ0v) is 12.1. The molecule has 0 N–H and O–H groups in total. The number of sulfonamides is 1. The summed E-state index contributed by atoms with van der Waals surface area (Å²) in [5, 5.41) is 10.8. The third-order valence-electron chi connectivity index (χ3n) is 3.09. The molecule has 0 radical (unpaired) electrons. The minimum absolute atomic E-state index is 0.0412. The number of hydrogen-bond acceptors (Lipinski definition) is 5. The molecule has 110 valence electrons. The van der Waals surface area contributed by atoms with E-state index in [4.69, 9.17) is 4.74 Å². The lowest BCUT2D eigenvalue weighted by atomic mass is 10.2. The van der Waals surface area contributed by atoms with Crippen molar-refractivity contribution in [1.29, 1.82) is 0 Å². The van der Waals surface area contributed by atoms with E-state index in [1.54, 1.807) is 13.8 Å². The fourth-order valence-corrected chi connectivity index (χ4v) is 3.90. The molecule has 0 aliphatic carbocycles. The van der Waals surface area contributed by atoms with Crippen LogP contribution >= 0.6 is 0 Å². The van der Waals surface area contributed by atoms with Gasteiger partial charge in [-0.25, -0.2) is 8.42 Å². The number of carbonyl (C=O) groups is 1. The molecule has 1 aromatic carbocycles. The average molecular weight is 298 g/mol. The van der Waals surface area contributed by atoms with Gasteiger partial charge in [0.15, 0.2) is 0 Å². The summed E-state index contributed by atoms with van der Waals surface area (Å²) in [6, 6.07) is 5.20. The first kappa shape index (κ1) is 15.0. The molecule has 20 heavy (non-hydrogen) atoms. The van der Waals surface area contributed by atoms with Crippen molar-refractivity contribution in [3.05, 3.63) is 29.8 Å². The van der Waals surface area contributed by atoms with Crippen molar-refractivity contribution in [3.63, 3.8) is 0 Å². The fourth-order valence-electron chi connectivity index (χ4n) is 2.26. The SMILES string of the molecule is C[C@H]1CN(S(=O)(=O)c2cccc(C(=O)[O-])c2)C[C@H](C)O1. The van der Waals surface area contributed by atoms with Gasteiger partial charge in [0.05, 0.1) is 23.1 Å². The summed E-state index contributed by atoms with van der Waals surface area (Å²) in [5.41, 5.74) is -0.152. The molecule has 1 aromatic rings.